The zero-order valence-electron chi connectivity index (χ0n) is 7.64. The smallest absolute Gasteiger partial charge is 0.273 e. The summed E-state index contributed by atoms with van der Waals surface area (Å²) in [6.45, 7) is 0. The van der Waals surface area contributed by atoms with E-state index < -0.39 is 0 Å². The molecule has 0 amide bonds. The fourth-order valence-electron chi connectivity index (χ4n) is 1.13. The first-order valence-electron chi connectivity index (χ1n) is 4.08. The molecular weight excluding hydrogens is 216 g/mol. The van der Waals surface area contributed by atoms with Crippen LogP contribution in [0.3, 0.4) is 0 Å². The van der Waals surface area contributed by atoms with Crippen molar-refractivity contribution in [2.24, 2.45) is 5.73 Å². The van der Waals surface area contributed by atoms with Gasteiger partial charge in [0.15, 0.2) is 0 Å². The van der Waals surface area contributed by atoms with Crippen molar-refractivity contribution in [2.45, 2.75) is 6.04 Å². The van der Waals surface area contributed by atoms with Crippen molar-refractivity contribution in [3.05, 3.63) is 33.5 Å². The molecule has 2 rings (SSSR count). The molecule has 1 atom stereocenters. The maximum Gasteiger partial charge on any atom is 0.273 e. The summed E-state index contributed by atoms with van der Waals surface area (Å²) in [6, 6.07) is 1.88. The van der Waals surface area contributed by atoms with E-state index in [1.165, 1.54) is 11.3 Å². The minimum absolute atomic E-state index is 0.138. The Morgan fingerprint density at radius 2 is 2.36 bits per heavy atom. The molecule has 0 radical (unpaired) electrons. The Labute approximate surface area is 90.2 Å². The van der Waals surface area contributed by atoms with E-state index in [4.69, 9.17) is 10.5 Å². The van der Waals surface area contributed by atoms with Gasteiger partial charge in [0, 0.05) is 5.38 Å². The summed E-state index contributed by atoms with van der Waals surface area (Å²) in [6.07, 6.45) is 0. The van der Waals surface area contributed by atoms with Crippen LogP contribution in [0.2, 0.25) is 0 Å². The lowest BCUT2D eigenvalue weighted by Crippen LogP contribution is -2.11. The standard InChI is InChI=1S/C9H10N2OS2/c1-12-9-11-7(5-14-9)8(10)6-2-3-13-4-6/h2-5,8H,10H2,1H3. The van der Waals surface area contributed by atoms with Gasteiger partial charge in [-0.2, -0.15) is 11.3 Å². The average molecular weight is 226 g/mol. The van der Waals surface area contributed by atoms with Gasteiger partial charge in [-0.25, -0.2) is 4.98 Å². The molecule has 0 bridgehead atoms. The van der Waals surface area contributed by atoms with Crippen LogP contribution >= 0.6 is 22.7 Å². The number of hydrogen-bond acceptors (Lipinski definition) is 5. The summed E-state index contributed by atoms with van der Waals surface area (Å²) in [7, 11) is 1.61. The molecule has 0 aliphatic rings. The number of nitrogens with two attached hydrogens (primary N) is 1. The van der Waals surface area contributed by atoms with Crippen molar-refractivity contribution in [2.75, 3.05) is 7.11 Å². The van der Waals surface area contributed by atoms with Gasteiger partial charge in [0.1, 0.15) is 0 Å². The SMILES string of the molecule is COc1nc(C(N)c2ccsc2)cs1. The number of thiazole rings is 1. The normalized spacial score (nSPS) is 12.7. The number of rotatable bonds is 3. The van der Waals surface area contributed by atoms with Crippen molar-refractivity contribution in [1.29, 1.82) is 0 Å². The van der Waals surface area contributed by atoms with Crippen molar-refractivity contribution >= 4 is 22.7 Å². The van der Waals surface area contributed by atoms with E-state index in [1.54, 1.807) is 18.4 Å². The molecule has 2 aromatic heterocycles. The van der Waals surface area contributed by atoms with Crippen LogP contribution in [0, 0.1) is 0 Å². The molecule has 3 nitrogen and oxygen atoms in total. The van der Waals surface area contributed by atoms with Gasteiger partial charge in [-0.15, -0.1) is 0 Å². The molecule has 0 spiro atoms. The number of aromatic nitrogens is 1. The number of hydrogen-bond donors (Lipinski definition) is 1. The molecule has 2 N–H and O–H groups in total. The number of methoxy groups -OCH3 is 1. The third-order valence-corrected chi connectivity index (χ3v) is 3.42. The van der Waals surface area contributed by atoms with Gasteiger partial charge in [-0.3, -0.25) is 0 Å². The Balaban J connectivity index is 2.23. The van der Waals surface area contributed by atoms with Crippen molar-refractivity contribution < 1.29 is 4.74 Å². The Morgan fingerprint density at radius 3 is 2.93 bits per heavy atom. The molecule has 0 fully saturated rings. The van der Waals surface area contributed by atoms with Crippen molar-refractivity contribution in [3.63, 3.8) is 0 Å². The minimum Gasteiger partial charge on any atom is -0.473 e. The molecule has 0 saturated heterocycles. The van der Waals surface area contributed by atoms with Crippen LogP contribution in [0.1, 0.15) is 17.3 Å². The Kier molecular flexibility index (Phi) is 2.81. The molecule has 0 saturated carbocycles. The van der Waals surface area contributed by atoms with E-state index in [9.17, 15) is 0 Å². The van der Waals surface area contributed by atoms with Crippen molar-refractivity contribution in [1.82, 2.24) is 4.98 Å². The van der Waals surface area contributed by atoms with Crippen LogP contribution in [0.25, 0.3) is 0 Å². The minimum atomic E-state index is -0.138. The average Bonchev–Trinajstić information content (AvgIpc) is 2.88. The van der Waals surface area contributed by atoms with Gasteiger partial charge in [0.25, 0.3) is 5.19 Å². The van der Waals surface area contributed by atoms with E-state index in [-0.39, 0.29) is 6.04 Å². The molecule has 0 aliphatic carbocycles. The Bertz CT molecular complexity index is 397. The maximum absolute atomic E-state index is 6.02. The van der Waals surface area contributed by atoms with Crippen molar-refractivity contribution in [3.8, 4) is 5.19 Å². The van der Waals surface area contributed by atoms with E-state index in [1.807, 2.05) is 22.2 Å². The molecule has 2 heterocycles. The van der Waals surface area contributed by atoms with E-state index in [0.717, 1.165) is 11.3 Å². The molecule has 1 unspecified atom stereocenters. The highest BCUT2D eigenvalue weighted by molar-refractivity contribution is 7.11. The predicted molar refractivity (Wildman–Crippen MR) is 59.0 cm³/mol. The summed E-state index contributed by atoms with van der Waals surface area (Å²) < 4.78 is 5.02. The molecule has 0 aliphatic heterocycles. The molecule has 2 aromatic rings. The van der Waals surface area contributed by atoms with Gasteiger partial charge < -0.3 is 10.5 Å². The summed E-state index contributed by atoms with van der Waals surface area (Å²) >= 11 is 3.10. The number of ether oxygens (including phenoxy) is 1. The first-order valence-corrected chi connectivity index (χ1v) is 5.90. The van der Waals surface area contributed by atoms with Gasteiger partial charge in [0.05, 0.1) is 18.8 Å². The lowest BCUT2D eigenvalue weighted by Gasteiger charge is -2.05. The largest absolute Gasteiger partial charge is 0.473 e. The topological polar surface area (TPSA) is 48.1 Å². The molecule has 5 heteroatoms. The second-order valence-corrected chi connectivity index (χ2v) is 4.38. The van der Waals surface area contributed by atoms with Crippen LogP contribution in [-0.4, -0.2) is 12.1 Å². The fourth-order valence-corrected chi connectivity index (χ4v) is 2.50. The molecular formula is C9H10N2OS2. The number of nitrogens with zero attached hydrogens (tertiary/aromatic N) is 1. The molecule has 14 heavy (non-hydrogen) atoms. The van der Waals surface area contributed by atoms with Gasteiger partial charge >= 0.3 is 0 Å². The van der Waals surface area contributed by atoms with Gasteiger partial charge in [-0.05, 0) is 22.4 Å². The van der Waals surface area contributed by atoms with Gasteiger partial charge in [-0.1, -0.05) is 11.3 Å². The molecule has 74 valence electrons. The number of thiophene rings is 1. The third-order valence-electron chi connectivity index (χ3n) is 1.90. The first-order chi connectivity index (χ1) is 6.81. The summed E-state index contributed by atoms with van der Waals surface area (Å²) in [5.41, 5.74) is 7.99. The zero-order valence-corrected chi connectivity index (χ0v) is 9.27. The monoisotopic (exact) mass is 226 g/mol. The summed E-state index contributed by atoms with van der Waals surface area (Å²) in [4.78, 5) is 4.26. The third kappa shape index (κ3) is 1.79. The Morgan fingerprint density at radius 1 is 1.50 bits per heavy atom. The highest BCUT2D eigenvalue weighted by Crippen LogP contribution is 2.26. The van der Waals surface area contributed by atoms with Crippen LogP contribution in [0.4, 0.5) is 0 Å². The highest BCUT2D eigenvalue weighted by atomic mass is 32.1. The lowest BCUT2D eigenvalue weighted by atomic mass is 10.1. The first kappa shape index (κ1) is 9.64. The van der Waals surface area contributed by atoms with Crippen LogP contribution < -0.4 is 10.5 Å². The fraction of sp³-hybridized carbons (Fsp3) is 0.222. The van der Waals surface area contributed by atoms with Crippen LogP contribution in [0.15, 0.2) is 22.2 Å². The van der Waals surface area contributed by atoms with E-state index in [0.29, 0.717) is 5.19 Å². The van der Waals surface area contributed by atoms with Crippen LogP contribution in [0.5, 0.6) is 5.19 Å². The quantitative estimate of drug-likeness (QED) is 0.873. The van der Waals surface area contributed by atoms with E-state index >= 15 is 0 Å². The summed E-state index contributed by atoms with van der Waals surface area (Å²) in [5, 5.41) is 6.64. The van der Waals surface area contributed by atoms with E-state index in [2.05, 4.69) is 4.98 Å². The van der Waals surface area contributed by atoms with Crippen LogP contribution in [-0.2, 0) is 0 Å². The van der Waals surface area contributed by atoms with Gasteiger partial charge in [0.2, 0.25) is 0 Å². The Hall–Kier alpha value is -0.910. The molecule has 0 aromatic carbocycles. The zero-order chi connectivity index (χ0) is 9.97. The second-order valence-electron chi connectivity index (χ2n) is 2.78. The highest BCUT2D eigenvalue weighted by Gasteiger charge is 2.13. The summed E-state index contributed by atoms with van der Waals surface area (Å²) in [5.74, 6) is 0. The maximum atomic E-state index is 6.02. The second kappa shape index (κ2) is 4.08. The lowest BCUT2D eigenvalue weighted by molar-refractivity contribution is 0.410. The predicted octanol–water partition coefficient (Wildman–Crippen LogP) is 2.26.